The molecule has 0 radical (unpaired) electrons. The zero-order chi connectivity index (χ0) is 18.7. The second-order valence-corrected chi connectivity index (χ2v) is 6.89. The Balaban J connectivity index is 1.25. The maximum atomic E-state index is 12.0. The molecule has 0 bridgehead atoms. The number of carbonyl (C=O) groups excluding carboxylic acids is 2. The summed E-state index contributed by atoms with van der Waals surface area (Å²) in [7, 11) is 0. The van der Waals surface area contributed by atoms with Crippen LogP contribution >= 0.6 is 0 Å². The van der Waals surface area contributed by atoms with Crippen molar-refractivity contribution in [2.75, 3.05) is 13.2 Å². The zero-order valence-corrected chi connectivity index (χ0v) is 14.8. The minimum atomic E-state index is -0.506. The fraction of sp³-hybridized carbons (Fsp3) is 0.286. The summed E-state index contributed by atoms with van der Waals surface area (Å²) in [6.07, 6.45) is 2.07. The fourth-order valence-corrected chi connectivity index (χ4v) is 3.23. The van der Waals surface area contributed by atoms with Crippen LogP contribution in [0.1, 0.15) is 24.1 Å². The molecule has 1 fully saturated rings. The van der Waals surface area contributed by atoms with E-state index in [0.717, 1.165) is 18.2 Å². The summed E-state index contributed by atoms with van der Waals surface area (Å²) in [5, 5.41) is 7.55. The molecule has 1 aliphatic carbocycles. The summed E-state index contributed by atoms with van der Waals surface area (Å²) in [4.78, 5) is 24.1. The van der Waals surface area contributed by atoms with Crippen LogP contribution in [-0.2, 0) is 26.2 Å². The van der Waals surface area contributed by atoms with Gasteiger partial charge >= 0.3 is 5.97 Å². The first-order chi connectivity index (χ1) is 13.2. The average Bonchev–Trinajstić information content (AvgIpc) is 3.40. The number of para-hydroxylation sites is 1. The van der Waals surface area contributed by atoms with Crippen LogP contribution in [0, 0.1) is 0 Å². The maximum absolute atomic E-state index is 12.0. The van der Waals surface area contributed by atoms with Crippen LogP contribution in [0.3, 0.4) is 0 Å². The summed E-state index contributed by atoms with van der Waals surface area (Å²) < 4.78 is 10.2. The van der Waals surface area contributed by atoms with Gasteiger partial charge in [-0.2, -0.15) is 0 Å². The highest BCUT2D eigenvalue weighted by Gasteiger charge is 2.44. The van der Waals surface area contributed by atoms with Crippen molar-refractivity contribution in [3.8, 4) is 0 Å². The number of nitrogens with zero attached hydrogens (tertiary/aromatic N) is 1. The molecule has 1 N–H and O–H groups in total. The van der Waals surface area contributed by atoms with Gasteiger partial charge in [0.05, 0.1) is 6.42 Å². The Morgan fingerprint density at radius 2 is 1.81 bits per heavy atom. The zero-order valence-electron chi connectivity index (χ0n) is 14.8. The van der Waals surface area contributed by atoms with Crippen molar-refractivity contribution in [2.24, 2.45) is 0 Å². The van der Waals surface area contributed by atoms with Gasteiger partial charge < -0.3 is 14.6 Å². The predicted octanol–water partition coefficient (Wildman–Crippen LogP) is 2.76. The third-order valence-corrected chi connectivity index (χ3v) is 4.99. The van der Waals surface area contributed by atoms with Gasteiger partial charge in [0.2, 0.25) is 0 Å². The molecule has 3 aromatic rings. The first-order valence-electron chi connectivity index (χ1n) is 8.97. The van der Waals surface area contributed by atoms with E-state index in [2.05, 4.69) is 22.6 Å². The number of ether oxygens (including phenoxy) is 1. The summed E-state index contributed by atoms with van der Waals surface area (Å²) in [5.74, 6) is -0.802. The Bertz CT molecular complexity index is 960. The Morgan fingerprint density at radius 1 is 1.07 bits per heavy atom. The molecule has 1 saturated carbocycles. The van der Waals surface area contributed by atoms with Crippen LogP contribution in [0.5, 0.6) is 0 Å². The van der Waals surface area contributed by atoms with Crippen molar-refractivity contribution >= 4 is 22.8 Å². The van der Waals surface area contributed by atoms with E-state index in [1.165, 1.54) is 5.56 Å². The first kappa shape index (κ1) is 17.3. The van der Waals surface area contributed by atoms with Crippen molar-refractivity contribution in [3.05, 3.63) is 65.9 Å². The molecular formula is C21H20N2O4. The quantitative estimate of drug-likeness (QED) is 0.652. The molecule has 1 aromatic heterocycles. The van der Waals surface area contributed by atoms with E-state index in [0.29, 0.717) is 17.8 Å². The second kappa shape index (κ2) is 7.23. The number of fused-ring (bicyclic) bond motifs is 1. The largest absolute Gasteiger partial charge is 0.455 e. The van der Waals surface area contributed by atoms with Gasteiger partial charge in [0.25, 0.3) is 5.91 Å². The topological polar surface area (TPSA) is 81.4 Å². The number of aromatic nitrogens is 1. The van der Waals surface area contributed by atoms with Gasteiger partial charge in [-0.05, 0) is 30.5 Å². The molecule has 6 nitrogen and oxygen atoms in total. The van der Waals surface area contributed by atoms with Crippen LogP contribution in [0.4, 0.5) is 0 Å². The van der Waals surface area contributed by atoms with Crippen LogP contribution in [-0.4, -0.2) is 30.2 Å². The van der Waals surface area contributed by atoms with Gasteiger partial charge in [-0.25, -0.2) is 0 Å². The molecule has 4 rings (SSSR count). The van der Waals surface area contributed by atoms with Gasteiger partial charge in [-0.15, -0.1) is 0 Å². The number of nitrogens with one attached hydrogen (secondary N) is 1. The SMILES string of the molecule is O=C(COC(=O)Cc1noc2ccccc12)NCC1(c2ccccc2)CC1. The number of amides is 1. The molecule has 138 valence electrons. The Morgan fingerprint density at radius 3 is 2.59 bits per heavy atom. The summed E-state index contributed by atoms with van der Waals surface area (Å²) >= 11 is 0. The minimum Gasteiger partial charge on any atom is -0.455 e. The lowest BCUT2D eigenvalue weighted by molar-refractivity contribution is -0.147. The minimum absolute atomic E-state index is 0.0283. The van der Waals surface area contributed by atoms with Gasteiger partial charge in [0, 0.05) is 17.3 Å². The van der Waals surface area contributed by atoms with Crippen LogP contribution in [0.15, 0.2) is 59.1 Å². The van der Waals surface area contributed by atoms with Crippen molar-refractivity contribution in [1.82, 2.24) is 10.5 Å². The summed E-state index contributed by atoms with van der Waals surface area (Å²) in [5.41, 5.74) is 2.39. The highest BCUT2D eigenvalue weighted by atomic mass is 16.5. The van der Waals surface area contributed by atoms with Crippen molar-refractivity contribution in [3.63, 3.8) is 0 Å². The van der Waals surface area contributed by atoms with Crippen molar-refractivity contribution in [1.29, 1.82) is 0 Å². The third kappa shape index (κ3) is 3.84. The molecule has 0 saturated heterocycles. The smallest absolute Gasteiger partial charge is 0.312 e. The molecule has 0 aliphatic heterocycles. The van der Waals surface area contributed by atoms with Gasteiger partial charge in [-0.3, -0.25) is 9.59 Å². The molecule has 6 heteroatoms. The van der Waals surface area contributed by atoms with Crippen molar-refractivity contribution in [2.45, 2.75) is 24.7 Å². The number of benzene rings is 2. The third-order valence-electron chi connectivity index (χ3n) is 4.99. The van der Waals surface area contributed by atoms with Crippen LogP contribution in [0.25, 0.3) is 11.0 Å². The monoisotopic (exact) mass is 364 g/mol. The predicted molar refractivity (Wildman–Crippen MR) is 99.0 cm³/mol. The van der Waals surface area contributed by atoms with E-state index in [4.69, 9.17) is 9.26 Å². The molecule has 27 heavy (non-hydrogen) atoms. The number of esters is 1. The molecule has 1 heterocycles. The molecule has 0 atom stereocenters. The van der Waals surface area contributed by atoms with Gasteiger partial charge in [-0.1, -0.05) is 47.6 Å². The average molecular weight is 364 g/mol. The Hall–Kier alpha value is -3.15. The van der Waals surface area contributed by atoms with Gasteiger partial charge in [0.1, 0.15) is 5.69 Å². The fourth-order valence-electron chi connectivity index (χ4n) is 3.23. The van der Waals surface area contributed by atoms with Crippen molar-refractivity contribution < 1.29 is 18.8 Å². The molecule has 1 amide bonds. The van der Waals surface area contributed by atoms with E-state index >= 15 is 0 Å². The summed E-state index contributed by atoms with van der Waals surface area (Å²) in [6.45, 7) is 0.265. The molecule has 2 aromatic carbocycles. The normalized spacial score (nSPS) is 14.7. The Kier molecular flexibility index (Phi) is 4.62. The van der Waals surface area contributed by atoms with E-state index in [1.807, 2.05) is 36.4 Å². The van der Waals surface area contributed by atoms with E-state index in [-0.39, 0.29) is 24.3 Å². The molecule has 0 spiro atoms. The Labute approximate surface area is 156 Å². The maximum Gasteiger partial charge on any atom is 0.312 e. The van der Waals surface area contributed by atoms with Crippen LogP contribution in [0.2, 0.25) is 0 Å². The number of carbonyl (C=O) groups is 2. The highest BCUT2D eigenvalue weighted by molar-refractivity contribution is 5.85. The number of hydrogen-bond acceptors (Lipinski definition) is 5. The van der Waals surface area contributed by atoms with Crippen LogP contribution < -0.4 is 5.32 Å². The second-order valence-electron chi connectivity index (χ2n) is 6.89. The molecular weight excluding hydrogens is 344 g/mol. The number of rotatable bonds is 7. The lowest BCUT2D eigenvalue weighted by Crippen LogP contribution is -2.35. The van der Waals surface area contributed by atoms with E-state index in [1.54, 1.807) is 6.07 Å². The van der Waals surface area contributed by atoms with E-state index < -0.39 is 5.97 Å². The van der Waals surface area contributed by atoms with E-state index in [9.17, 15) is 9.59 Å². The van der Waals surface area contributed by atoms with Gasteiger partial charge in [0.15, 0.2) is 12.2 Å². The summed E-state index contributed by atoms with van der Waals surface area (Å²) in [6, 6.07) is 17.5. The lowest BCUT2D eigenvalue weighted by atomic mass is 9.96. The number of hydrogen-bond donors (Lipinski definition) is 1. The molecule has 1 aliphatic rings. The standard InChI is InChI=1S/C21H20N2O4/c24-19(22-14-21(10-11-21)15-6-2-1-3-7-15)13-26-20(25)12-17-16-8-4-5-9-18(16)27-23-17/h1-9H,10-14H2,(H,22,24). The highest BCUT2D eigenvalue weighted by Crippen LogP contribution is 2.47. The molecule has 0 unspecified atom stereocenters. The lowest BCUT2D eigenvalue weighted by Gasteiger charge is -2.16. The first-order valence-corrected chi connectivity index (χ1v) is 8.97.